The first-order chi connectivity index (χ1) is 10.1. The maximum Gasteiger partial charge on any atom is 0.307 e. The molecule has 2 aromatic rings. The molecule has 1 N–H and O–H groups in total. The third-order valence-electron chi connectivity index (χ3n) is 2.96. The Hall–Kier alpha value is -2.02. The number of amides is 1. The lowest BCUT2D eigenvalue weighted by molar-refractivity contribution is -0.140. The molecular weight excluding hydrogens is 290 g/mol. The molecule has 1 heterocycles. The summed E-state index contributed by atoms with van der Waals surface area (Å²) in [5.41, 5.74) is 1.94. The number of hydrogen-bond donors (Lipinski definition) is 1. The van der Waals surface area contributed by atoms with E-state index in [1.807, 2.05) is 35.9 Å². The third kappa shape index (κ3) is 3.98. The second-order valence-corrected chi connectivity index (χ2v) is 5.35. The van der Waals surface area contributed by atoms with E-state index in [0.29, 0.717) is 0 Å². The van der Waals surface area contributed by atoms with Crippen LogP contribution in [0.1, 0.15) is 6.42 Å². The van der Waals surface area contributed by atoms with Crippen LogP contribution in [-0.2, 0) is 21.4 Å². The minimum Gasteiger partial charge on any atom is -0.469 e. The van der Waals surface area contributed by atoms with E-state index in [1.165, 1.54) is 18.9 Å². The summed E-state index contributed by atoms with van der Waals surface area (Å²) in [5, 5.41) is 3.46. The zero-order chi connectivity index (χ0) is 15.2. The van der Waals surface area contributed by atoms with Crippen molar-refractivity contribution in [2.45, 2.75) is 11.6 Å². The number of methoxy groups -OCH3 is 1. The minimum atomic E-state index is -0.335. The molecule has 7 heteroatoms. The SMILES string of the molecule is COC(=O)CCNC(=O)CSc1nc2ccccc2n1C. The number of aromatic nitrogens is 2. The van der Waals surface area contributed by atoms with Crippen molar-refractivity contribution >= 4 is 34.7 Å². The monoisotopic (exact) mass is 307 g/mol. The Balaban J connectivity index is 1.85. The molecule has 0 saturated carbocycles. The van der Waals surface area contributed by atoms with Crippen LogP contribution in [0.15, 0.2) is 29.4 Å². The first-order valence-corrected chi connectivity index (χ1v) is 7.48. The molecule has 0 radical (unpaired) electrons. The first-order valence-electron chi connectivity index (χ1n) is 6.49. The Morgan fingerprint density at radius 2 is 2.14 bits per heavy atom. The number of carbonyl (C=O) groups excluding carboxylic acids is 2. The highest BCUT2D eigenvalue weighted by Gasteiger charge is 2.10. The number of thioether (sulfide) groups is 1. The Morgan fingerprint density at radius 3 is 2.86 bits per heavy atom. The van der Waals surface area contributed by atoms with Crippen LogP contribution in [-0.4, -0.2) is 40.8 Å². The summed E-state index contributed by atoms with van der Waals surface area (Å²) >= 11 is 1.37. The fourth-order valence-electron chi connectivity index (χ4n) is 1.84. The molecule has 0 aliphatic carbocycles. The molecule has 0 fully saturated rings. The molecule has 1 amide bonds. The quantitative estimate of drug-likeness (QED) is 0.644. The molecule has 1 aromatic heterocycles. The van der Waals surface area contributed by atoms with Crippen LogP contribution < -0.4 is 5.32 Å². The van der Waals surface area contributed by atoms with Gasteiger partial charge in [-0.1, -0.05) is 23.9 Å². The number of nitrogens with one attached hydrogen (secondary N) is 1. The summed E-state index contributed by atoms with van der Waals surface area (Å²) in [4.78, 5) is 27.1. The zero-order valence-electron chi connectivity index (χ0n) is 12.0. The number of imidazole rings is 1. The highest BCUT2D eigenvalue weighted by atomic mass is 32.2. The van der Waals surface area contributed by atoms with E-state index in [0.717, 1.165) is 16.2 Å². The summed E-state index contributed by atoms with van der Waals surface area (Å²) in [5.74, 6) is -0.201. The van der Waals surface area contributed by atoms with Crippen molar-refractivity contribution < 1.29 is 14.3 Å². The summed E-state index contributed by atoms with van der Waals surface area (Å²) in [7, 11) is 3.25. The van der Waals surface area contributed by atoms with Gasteiger partial charge in [0.25, 0.3) is 0 Å². The topological polar surface area (TPSA) is 73.2 Å². The Morgan fingerprint density at radius 1 is 1.38 bits per heavy atom. The number of aryl methyl sites for hydroxylation is 1. The van der Waals surface area contributed by atoms with Crippen molar-refractivity contribution in [1.82, 2.24) is 14.9 Å². The van der Waals surface area contributed by atoms with E-state index >= 15 is 0 Å². The number of carbonyl (C=O) groups is 2. The number of nitrogens with zero attached hydrogens (tertiary/aromatic N) is 2. The van der Waals surface area contributed by atoms with Gasteiger partial charge in [-0.05, 0) is 12.1 Å². The largest absolute Gasteiger partial charge is 0.469 e. The Bertz CT molecular complexity index is 654. The van der Waals surface area contributed by atoms with Gasteiger partial charge >= 0.3 is 5.97 Å². The van der Waals surface area contributed by atoms with E-state index in [1.54, 1.807) is 0 Å². The molecule has 1 aromatic carbocycles. The lowest BCUT2D eigenvalue weighted by Crippen LogP contribution is -2.27. The third-order valence-corrected chi connectivity index (χ3v) is 3.99. The number of hydrogen-bond acceptors (Lipinski definition) is 5. The molecule has 6 nitrogen and oxygen atoms in total. The molecule has 112 valence electrons. The second kappa shape index (κ2) is 7.12. The van der Waals surface area contributed by atoms with Crippen LogP contribution in [0, 0.1) is 0 Å². The van der Waals surface area contributed by atoms with Gasteiger partial charge in [0.1, 0.15) is 0 Å². The van der Waals surface area contributed by atoms with Gasteiger partial charge in [-0.25, -0.2) is 4.98 Å². The number of fused-ring (bicyclic) bond motifs is 1. The average Bonchev–Trinajstić information content (AvgIpc) is 2.82. The van der Waals surface area contributed by atoms with Crippen molar-refractivity contribution in [2.75, 3.05) is 19.4 Å². The predicted octanol–water partition coefficient (Wildman–Crippen LogP) is 1.34. The molecule has 0 aliphatic heterocycles. The van der Waals surface area contributed by atoms with Gasteiger partial charge in [0.05, 0.1) is 30.3 Å². The fraction of sp³-hybridized carbons (Fsp3) is 0.357. The number of ether oxygens (including phenoxy) is 1. The summed E-state index contributed by atoms with van der Waals surface area (Å²) in [6.45, 7) is 0.286. The first kappa shape index (κ1) is 15.4. The van der Waals surface area contributed by atoms with Gasteiger partial charge in [-0.3, -0.25) is 9.59 Å². The van der Waals surface area contributed by atoms with E-state index < -0.39 is 0 Å². The van der Waals surface area contributed by atoms with Gasteiger partial charge in [0.15, 0.2) is 5.16 Å². The molecule has 0 saturated heterocycles. The molecule has 21 heavy (non-hydrogen) atoms. The number of esters is 1. The normalized spacial score (nSPS) is 10.6. The zero-order valence-corrected chi connectivity index (χ0v) is 12.8. The Labute approximate surface area is 126 Å². The summed E-state index contributed by atoms with van der Waals surface area (Å²) < 4.78 is 6.46. The molecule has 0 unspecified atom stereocenters. The van der Waals surface area contributed by atoms with Crippen LogP contribution in [0.25, 0.3) is 11.0 Å². The highest BCUT2D eigenvalue weighted by Crippen LogP contribution is 2.22. The smallest absolute Gasteiger partial charge is 0.307 e. The van der Waals surface area contributed by atoms with Gasteiger partial charge in [0, 0.05) is 13.6 Å². The molecular formula is C14H17N3O3S. The molecule has 0 aliphatic rings. The average molecular weight is 307 g/mol. The van der Waals surface area contributed by atoms with Crippen molar-refractivity contribution in [3.05, 3.63) is 24.3 Å². The van der Waals surface area contributed by atoms with Gasteiger partial charge in [0.2, 0.25) is 5.91 Å². The van der Waals surface area contributed by atoms with E-state index in [4.69, 9.17) is 0 Å². The van der Waals surface area contributed by atoms with E-state index in [-0.39, 0.29) is 30.6 Å². The van der Waals surface area contributed by atoms with Crippen LogP contribution in [0.4, 0.5) is 0 Å². The van der Waals surface area contributed by atoms with Crippen molar-refractivity contribution in [3.63, 3.8) is 0 Å². The van der Waals surface area contributed by atoms with Gasteiger partial charge in [-0.15, -0.1) is 0 Å². The lowest BCUT2D eigenvalue weighted by Gasteiger charge is -2.04. The maximum atomic E-state index is 11.7. The number of para-hydroxylation sites is 2. The van der Waals surface area contributed by atoms with Crippen molar-refractivity contribution in [3.8, 4) is 0 Å². The van der Waals surface area contributed by atoms with E-state index in [2.05, 4.69) is 15.0 Å². The highest BCUT2D eigenvalue weighted by molar-refractivity contribution is 7.99. The summed E-state index contributed by atoms with van der Waals surface area (Å²) in [6.07, 6.45) is 0.180. The molecule has 0 atom stereocenters. The van der Waals surface area contributed by atoms with Gasteiger partial charge in [-0.2, -0.15) is 0 Å². The molecule has 2 rings (SSSR count). The van der Waals surface area contributed by atoms with Crippen LogP contribution >= 0.6 is 11.8 Å². The minimum absolute atomic E-state index is 0.129. The second-order valence-electron chi connectivity index (χ2n) is 4.41. The summed E-state index contributed by atoms with van der Waals surface area (Å²) in [6, 6.07) is 7.82. The van der Waals surface area contributed by atoms with E-state index in [9.17, 15) is 9.59 Å². The lowest BCUT2D eigenvalue weighted by atomic mass is 10.3. The Kier molecular flexibility index (Phi) is 5.21. The van der Waals surface area contributed by atoms with Crippen LogP contribution in [0.5, 0.6) is 0 Å². The number of rotatable bonds is 6. The van der Waals surface area contributed by atoms with Crippen LogP contribution in [0.3, 0.4) is 0 Å². The van der Waals surface area contributed by atoms with Crippen molar-refractivity contribution in [2.24, 2.45) is 7.05 Å². The number of benzene rings is 1. The predicted molar refractivity (Wildman–Crippen MR) is 81.1 cm³/mol. The fourth-order valence-corrected chi connectivity index (χ4v) is 2.66. The molecule has 0 bridgehead atoms. The molecule has 0 spiro atoms. The standard InChI is InChI=1S/C14H17N3O3S/c1-17-11-6-4-3-5-10(11)16-14(17)21-9-12(18)15-8-7-13(19)20-2/h3-6H,7-9H2,1-2H3,(H,15,18). The van der Waals surface area contributed by atoms with Gasteiger partial charge < -0.3 is 14.6 Å². The van der Waals surface area contributed by atoms with Crippen LogP contribution in [0.2, 0.25) is 0 Å². The van der Waals surface area contributed by atoms with Crippen molar-refractivity contribution in [1.29, 1.82) is 0 Å². The maximum absolute atomic E-state index is 11.7.